The van der Waals surface area contributed by atoms with Crippen LogP contribution in [0.2, 0.25) is 0 Å². The fourth-order valence-corrected chi connectivity index (χ4v) is 3.45. The fraction of sp³-hybridized carbons (Fsp3) is 1.00. The molecule has 1 heteroatoms. The van der Waals surface area contributed by atoms with Crippen LogP contribution in [0.15, 0.2) is 0 Å². The zero-order chi connectivity index (χ0) is 14.1. The third kappa shape index (κ3) is 5.99. The van der Waals surface area contributed by atoms with Gasteiger partial charge in [-0.15, -0.1) is 0 Å². The lowest BCUT2D eigenvalue weighted by atomic mass is 9.82. The van der Waals surface area contributed by atoms with E-state index in [0.717, 1.165) is 23.7 Å². The summed E-state index contributed by atoms with van der Waals surface area (Å²) >= 11 is 4.55. The minimum absolute atomic E-state index is 0.559. The van der Waals surface area contributed by atoms with E-state index in [0.29, 0.717) is 5.25 Å². The Kier molecular flexibility index (Phi) is 10.4. The van der Waals surface area contributed by atoms with Crippen molar-refractivity contribution in [1.82, 2.24) is 0 Å². The van der Waals surface area contributed by atoms with Crippen LogP contribution in [-0.4, -0.2) is 5.25 Å². The van der Waals surface area contributed by atoms with Crippen LogP contribution in [0.1, 0.15) is 80.1 Å². The molecule has 1 aliphatic carbocycles. The van der Waals surface area contributed by atoms with E-state index < -0.39 is 0 Å². The van der Waals surface area contributed by atoms with Crippen molar-refractivity contribution in [2.45, 2.75) is 85.3 Å². The molecular formula is C17H36S. The highest BCUT2D eigenvalue weighted by molar-refractivity contribution is 7.80. The third-order valence-corrected chi connectivity index (χ3v) is 5.28. The molecule has 0 spiro atoms. The van der Waals surface area contributed by atoms with Gasteiger partial charge in [-0.3, -0.25) is 0 Å². The zero-order valence-corrected chi connectivity index (χ0v) is 14.5. The van der Waals surface area contributed by atoms with Crippen LogP contribution in [0.25, 0.3) is 0 Å². The highest BCUT2D eigenvalue weighted by Gasteiger charge is 2.32. The van der Waals surface area contributed by atoms with Crippen molar-refractivity contribution in [3.05, 3.63) is 0 Å². The highest BCUT2D eigenvalue weighted by atomic mass is 32.1. The first kappa shape index (κ1) is 18.4. The summed E-state index contributed by atoms with van der Waals surface area (Å²) in [4.78, 5) is 0. The molecule has 110 valence electrons. The lowest BCUT2D eigenvalue weighted by Gasteiger charge is -2.24. The molecule has 0 saturated heterocycles. The highest BCUT2D eigenvalue weighted by Crippen LogP contribution is 2.42. The summed E-state index contributed by atoms with van der Waals surface area (Å²) < 4.78 is 0. The normalized spacial score (nSPS) is 30.5. The van der Waals surface area contributed by atoms with Gasteiger partial charge in [0, 0.05) is 5.25 Å². The second-order valence-corrected chi connectivity index (χ2v) is 6.88. The molecule has 0 nitrogen and oxygen atoms in total. The first-order valence-corrected chi connectivity index (χ1v) is 8.75. The van der Waals surface area contributed by atoms with Gasteiger partial charge in [0.2, 0.25) is 0 Å². The molecule has 5 unspecified atom stereocenters. The first-order valence-electron chi connectivity index (χ1n) is 8.24. The van der Waals surface area contributed by atoms with Gasteiger partial charge in [0.15, 0.2) is 0 Å². The predicted octanol–water partition coefficient (Wildman–Crippen LogP) is 6.21. The van der Waals surface area contributed by atoms with Crippen LogP contribution >= 0.6 is 12.6 Å². The van der Waals surface area contributed by atoms with Crippen molar-refractivity contribution in [3.63, 3.8) is 0 Å². The second kappa shape index (κ2) is 10.2. The Morgan fingerprint density at radius 3 is 2.22 bits per heavy atom. The van der Waals surface area contributed by atoms with E-state index in [-0.39, 0.29) is 0 Å². The van der Waals surface area contributed by atoms with Crippen molar-refractivity contribution in [2.24, 2.45) is 23.7 Å². The molecule has 1 rings (SSSR count). The average Bonchev–Trinajstić information content (AvgIpc) is 2.71. The Hall–Kier alpha value is 0.350. The summed E-state index contributed by atoms with van der Waals surface area (Å²) in [5, 5.41) is 0.559. The Morgan fingerprint density at radius 1 is 1.11 bits per heavy atom. The number of rotatable bonds is 6. The molecule has 0 aromatic heterocycles. The number of thiol groups is 1. The van der Waals surface area contributed by atoms with Crippen LogP contribution in [0.3, 0.4) is 0 Å². The Labute approximate surface area is 122 Å². The van der Waals surface area contributed by atoms with Crippen molar-refractivity contribution in [2.75, 3.05) is 0 Å². The minimum atomic E-state index is 0.559. The Bertz CT molecular complexity index is 188. The molecule has 0 aromatic rings. The van der Waals surface area contributed by atoms with Gasteiger partial charge in [-0.2, -0.15) is 12.6 Å². The largest absolute Gasteiger partial charge is 0.176 e. The number of hydrogen-bond donors (Lipinski definition) is 1. The molecule has 0 heterocycles. The molecule has 0 aliphatic heterocycles. The monoisotopic (exact) mass is 272 g/mol. The van der Waals surface area contributed by atoms with E-state index in [2.05, 4.69) is 40.3 Å². The topological polar surface area (TPSA) is 0 Å². The molecule has 0 amide bonds. The summed E-state index contributed by atoms with van der Waals surface area (Å²) in [6.45, 7) is 13.4. The lowest BCUT2D eigenvalue weighted by Crippen LogP contribution is -2.15. The van der Waals surface area contributed by atoms with Crippen LogP contribution in [0, 0.1) is 23.7 Å². The maximum absolute atomic E-state index is 4.55. The zero-order valence-electron chi connectivity index (χ0n) is 13.6. The standard InChI is InChI=1S/C15H30S.C2H6/c1-5-6-15-12(3)8-10-14(15)9-7-11(2)13(4)16;1-2/h11-16H,5-10H2,1-4H3;1-2H3. The molecular weight excluding hydrogens is 236 g/mol. The van der Waals surface area contributed by atoms with Crippen LogP contribution in [0.5, 0.6) is 0 Å². The van der Waals surface area contributed by atoms with E-state index >= 15 is 0 Å². The molecule has 1 fully saturated rings. The molecule has 1 aliphatic rings. The van der Waals surface area contributed by atoms with Gasteiger partial charge in [-0.05, 0) is 42.9 Å². The third-order valence-electron chi connectivity index (χ3n) is 4.77. The van der Waals surface area contributed by atoms with Crippen molar-refractivity contribution >= 4 is 12.6 Å². The molecule has 0 aromatic carbocycles. The number of hydrogen-bond acceptors (Lipinski definition) is 1. The molecule has 0 N–H and O–H groups in total. The SMILES string of the molecule is CC.CCCC1C(C)CCC1CCC(C)C(C)S. The van der Waals surface area contributed by atoms with E-state index in [9.17, 15) is 0 Å². The van der Waals surface area contributed by atoms with Gasteiger partial charge >= 0.3 is 0 Å². The maximum Gasteiger partial charge on any atom is 0.00141 e. The summed E-state index contributed by atoms with van der Waals surface area (Å²) in [6, 6.07) is 0. The predicted molar refractivity (Wildman–Crippen MR) is 88.5 cm³/mol. The summed E-state index contributed by atoms with van der Waals surface area (Å²) in [6.07, 6.45) is 8.60. The van der Waals surface area contributed by atoms with Crippen molar-refractivity contribution < 1.29 is 0 Å². The lowest BCUT2D eigenvalue weighted by molar-refractivity contribution is 0.274. The quantitative estimate of drug-likeness (QED) is 0.546. The van der Waals surface area contributed by atoms with Crippen LogP contribution in [-0.2, 0) is 0 Å². The van der Waals surface area contributed by atoms with E-state index in [1.54, 1.807) is 0 Å². The van der Waals surface area contributed by atoms with Crippen LogP contribution < -0.4 is 0 Å². The first-order chi connectivity index (χ1) is 8.56. The van der Waals surface area contributed by atoms with Gasteiger partial charge in [0.25, 0.3) is 0 Å². The van der Waals surface area contributed by atoms with E-state index in [1.807, 2.05) is 13.8 Å². The maximum atomic E-state index is 4.55. The van der Waals surface area contributed by atoms with Crippen molar-refractivity contribution in [3.8, 4) is 0 Å². The van der Waals surface area contributed by atoms with Gasteiger partial charge in [0.05, 0.1) is 0 Å². The van der Waals surface area contributed by atoms with Gasteiger partial charge in [0.1, 0.15) is 0 Å². The van der Waals surface area contributed by atoms with E-state index in [1.165, 1.54) is 38.5 Å². The van der Waals surface area contributed by atoms with Gasteiger partial charge < -0.3 is 0 Å². The molecule has 18 heavy (non-hydrogen) atoms. The summed E-state index contributed by atoms with van der Waals surface area (Å²) in [7, 11) is 0. The second-order valence-electron chi connectivity index (χ2n) is 6.06. The van der Waals surface area contributed by atoms with E-state index in [4.69, 9.17) is 0 Å². The van der Waals surface area contributed by atoms with Gasteiger partial charge in [-0.25, -0.2) is 0 Å². The smallest absolute Gasteiger partial charge is 0.00141 e. The van der Waals surface area contributed by atoms with Crippen molar-refractivity contribution in [1.29, 1.82) is 0 Å². The Balaban J connectivity index is 0.00000137. The average molecular weight is 273 g/mol. The molecule has 5 atom stereocenters. The van der Waals surface area contributed by atoms with Crippen LogP contribution in [0.4, 0.5) is 0 Å². The van der Waals surface area contributed by atoms with Gasteiger partial charge in [-0.1, -0.05) is 60.8 Å². The Morgan fingerprint density at radius 2 is 1.72 bits per heavy atom. The molecule has 0 bridgehead atoms. The summed E-state index contributed by atoms with van der Waals surface area (Å²) in [5.74, 6) is 3.80. The molecule has 1 saturated carbocycles. The molecule has 0 radical (unpaired) electrons. The summed E-state index contributed by atoms with van der Waals surface area (Å²) in [5.41, 5.74) is 0. The minimum Gasteiger partial charge on any atom is -0.176 e. The fourth-order valence-electron chi connectivity index (χ4n) is 3.30.